The molecule has 0 saturated carbocycles. The van der Waals surface area contributed by atoms with Crippen LogP contribution in [0.1, 0.15) is 30.6 Å². The maximum absolute atomic E-state index is 12.9. The van der Waals surface area contributed by atoms with Gasteiger partial charge in [0.2, 0.25) is 5.91 Å². The summed E-state index contributed by atoms with van der Waals surface area (Å²) in [6, 6.07) is 18.1. The molecule has 3 aromatic rings. The second-order valence-electron chi connectivity index (χ2n) is 8.59. The molecule has 1 aliphatic heterocycles. The Labute approximate surface area is 224 Å². The first-order valence-corrected chi connectivity index (χ1v) is 12.9. The average Bonchev–Trinajstić information content (AvgIpc) is 3.53. The van der Waals surface area contributed by atoms with Crippen LogP contribution in [-0.4, -0.2) is 50.1 Å². The van der Waals surface area contributed by atoms with Gasteiger partial charge in [-0.15, -0.1) is 11.3 Å². The molecule has 0 spiro atoms. The molecule has 2 atom stereocenters. The van der Waals surface area contributed by atoms with Crippen LogP contribution in [-0.2, 0) is 23.9 Å². The molecule has 1 aliphatic rings. The van der Waals surface area contributed by atoms with Gasteiger partial charge < -0.3 is 24.4 Å². The third-order valence-corrected chi connectivity index (χ3v) is 7.12. The van der Waals surface area contributed by atoms with E-state index in [1.54, 1.807) is 37.3 Å². The fraction of sp³-hybridized carbons (Fsp3) is 0.286. The number of ether oxygens (including phenoxy) is 3. The van der Waals surface area contributed by atoms with E-state index in [-0.39, 0.29) is 31.0 Å². The maximum Gasteiger partial charge on any atom is 0.341 e. The van der Waals surface area contributed by atoms with E-state index in [0.717, 1.165) is 10.4 Å². The molecule has 0 radical (unpaired) electrons. The number of nitrogens with one attached hydrogen (secondary N) is 1. The molecule has 0 aliphatic carbocycles. The van der Waals surface area contributed by atoms with E-state index in [1.165, 1.54) is 30.3 Å². The third-order valence-electron chi connectivity index (χ3n) is 6.02. The Bertz CT molecular complexity index is 1340. The highest BCUT2D eigenvalue weighted by atomic mass is 32.1. The highest BCUT2D eigenvalue weighted by Crippen LogP contribution is 2.36. The van der Waals surface area contributed by atoms with E-state index in [1.807, 2.05) is 30.3 Å². The fourth-order valence-electron chi connectivity index (χ4n) is 4.08. The van der Waals surface area contributed by atoms with Gasteiger partial charge in [-0.25, -0.2) is 4.79 Å². The molecule has 1 aromatic heterocycles. The largest absolute Gasteiger partial charge is 0.495 e. The minimum Gasteiger partial charge on any atom is -0.495 e. The van der Waals surface area contributed by atoms with Gasteiger partial charge in [0.05, 0.1) is 30.9 Å². The molecular weight excluding hydrogens is 508 g/mol. The number of methoxy groups -OCH3 is 1. The van der Waals surface area contributed by atoms with E-state index < -0.39 is 29.9 Å². The van der Waals surface area contributed by atoms with Crippen molar-refractivity contribution in [3.05, 3.63) is 66.2 Å². The van der Waals surface area contributed by atoms with Crippen molar-refractivity contribution in [3.8, 4) is 16.2 Å². The molecule has 1 fully saturated rings. The van der Waals surface area contributed by atoms with Crippen LogP contribution in [0.3, 0.4) is 0 Å². The average molecular weight is 537 g/mol. The number of carbonyl (C=O) groups is 4. The standard InChI is InChI=1S/C28H28N2O7S/c1-4-36-28(34)20-15-23(18-10-6-5-7-11-18)38-26(20)29-25(32)17(2)37-27(33)19-14-24(31)30(16-19)21-12-8-9-13-22(21)35-3/h5-13,15,17,19H,4,14,16H2,1-3H3,(H,29,32)/t17-,19+/m1/s1. The Balaban J connectivity index is 1.43. The number of anilines is 2. The number of nitrogens with zero attached hydrogens (tertiary/aromatic N) is 1. The van der Waals surface area contributed by atoms with Gasteiger partial charge in [-0.05, 0) is 37.6 Å². The van der Waals surface area contributed by atoms with Crippen LogP contribution >= 0.6 is 11.3 Å². The predicted octanol–water partition coefficient (Wildman–Crippen LogP) is 4.52. The zero-order valence-electron chi connectivity index (χ0n) is 21.3. The SMILES string of the molecule is CCOC(=O)c1cc(-c2ccccc2)sc1NC(=O)[C@@H](C)OC(=O)[C@H]1CC(=O)N(c2ccccc2OC)C1. The van der Waals surface area contributed by atoms with E-state index in [0.29, 0.717) is 16.4 Å². The number of esters is 2. The van der Waals surface area contributed by atoms with E-state index >= 15 is 0 Å². The highest BCUT2D eigenvalue weighted by Gasteiger charge is 2.38. The summed E-state index contributed by atoms with van der Waals surface area (Å²) in [5.41, 5.74) is 1.67. The van der Waals surface area contributed by atoms with Crippen LogP contribution in [0.2, 0.25) is 0 Å². The molecule has 1 saturated heterocycles. The number of para-hydroxylation sites is 2. The van der Waals surface area contributed by atoms with Crippen LogP contribution in [0.15, 0.2) is 60.7 Å². The Morgan fingerprint density at radius 3 is 2.53 bits per heavy atom. The highest BCUT2D eigenvalue weighted by molar-refractivity contribution is 7.20. The lowest BCUT2D eigenvalue weighted by atomic mass is 10.1. The molecule has 10 heteroatoms. The molecular formula is C28H28N2O7S. The molecule has 0 unspecified atom stereocenters. The molecule has 2 aromatic carbocycles. The summed E-state index contributed by atoms with van der Waals surface area (Å²) in [6.07, 6.45) is -1.20. The number of hydrogen-bond donors (Lipinski definition) is 1. The Morgan fingerprint density at radius 2 is 1.82 bits per heavy atom. The zero-order valence-corrected chi connectivity index (χ0v) is 22.1. The lowest BCUT2D eigenvalue weighted by Gasteiger charge is -2.19. The number of hydrogen-bond acceptors (Lipinski definition) is 8. The van der Waals surface area contributed by atoms with Gasteiger partial charge in [0.1, 0.15) is 10.8 Å². The van der Waals surface area contributed by atoms with Gasteiger partial charge in [0.25, 0.3) is 5.91 Å². The smallest absolute Gasteiger partial charge is 0.341 e. The molecule has 2 heterocycles. The quantitative estimate of drug-likeness (QED) is 0.400. The lowest BCUT2D eigenvalue weighted by molar-refractivity contribution is -0.157. The Morgan fingerprint density at radius 1 is 1.11 bits per heavy atom. The molecule has 38 heavy (non-hydrogen) atoms. The Kier molecular flexibility index (Phi) is 8.42. The number of carbonyl (C=O) groups excluding carboxylic acids is 4. The van der Waals surface area contributed by atoms with Crippen LogP contribution < -0.4 is 15.0 Å². The van der Waals surface area contributed by atoms with Gasteiger partial charge in [0, 0.05) is 17.8 Å². The number of amides is 2. The summed E-state index contributed by atoms with van der Waals surface area (Å²) in [7, 11) is 1.51. The number of benzene rings is 2. The summed E-state index contributed by atoms with van der Waals surface area (Å²) in [4.78, 5) is 53.2. The van der Waals surface area contributed by atoms with Crippen molar-refractivity contribution in [1.82, 2.24) is 0 Å². The van der Waals surface area contributed by atoms with E-state index in [2.05, 4.69) is 5.32 Å². The van der Waals surface area contributed by atoms with Crippen molar-refractivity contribution in [1.29, 1.82) is 0 Å². The molecule has 9 nitrogen and oxygen atoms in total. The van der Waals surface area contributed by atoms with Gasteiger partial charge >= 0.3 is 11.9 Å². The van der Waals surface area contributed by atoms with Gasteiger partial charge in [-0.3, -0.25) is 14.4 Å². The second kappa shape index (κ2) is 11.9. The van der Waals surface area contributed by atoms with Crippen LogP contribution in [0.4, 0.5) is 10.7 Å². The molecule has 0 bridgehead atoms. The Hall–Kier alpha value is -4.18. The minimum absolute atomic E-state index is 0.0381. The van der Waals surface area contributed by atoms with Gasteiger partial charge in [-0.2, -0.15) is 0 Å². The molecule has 4 rings (SSSR count). The lowest BCUT2D eigenvalue weighted by Crippen LogP contribution is -2.33. The van der Waals surface area contributed by atoms with Crippen molar-refractivity contribution >= 4 is 45.8 Å². The summed E-state index contributed by atoms with van der Waals surface area (Å²) >= 11 is 1.22. The summed E-state index contributed by atoms with van der Waals surface area (Å²) in [5, 5.41) is 3.00. The zero-order chi connectivity index (χ0) is 27.2. The first-order chi connectivity index (χ1) is 18.3. The molecule has 1 N–H and O–H groups in total. The second-order valence-corrected chi connectivity index (χ2v) is 9.64. The number of rotatable bonds is 9. The topological polar surface area (TPSA) is 111 Å². The third kappa shape index (κ3) is 5.86. The van der Waals surface area contributed by atoms with Crippen molar-refractivity contribution in [2.45, 2.75) is 26.4 Å². The first-order valence-electron chi connectivity index (χ1n) is 12.1. The van der Waals surface area contributed by atoms with Crippen molar-refractivity contribution in [3.63, 3.8) is 0 Å². The predicted molar refractivity (Wildman–Crippen MR) is 143 cm³/mol. The summed E-state index contributed by atoms with van der Waals surface area (Å²) in [6.45, 7) is 3.44. The summed E-state index contributed by atoms with van der Waals surface area (Å²) < 4.78 is 15.9. The maximum atomic E-state index is 12.9. The normalized spacial score (nSPS) is 15.6. The first kappa shape index (κ1) is 26.9. The van der Waals surface area contributed by atoms with E-state index in [9.17, 15) is 19.2 Å². The van der Waals surface area contributed by atoms with Crippen LogP contribution in [0.5, 0.6) is 5.75 Å². The summed E-state index contributed by atoms with van der Waals surface area (Å²) in [5.74, 6) is -2.27. The van der Waals surface area contributed by atoms with Crippen molar-refractivity contribution in [2.24, 2.45) is 5.92 Å². The van der Waals surface area contributed by atoms with Crippen LogP contribution in [0.25, 0.3) is 10.4 Å². The fourth-order valence-corrected chi connectivity index (χ4v) is 5.13. The van der Waals surface area contributed by atoms with Crippen LogP contribution in [0, 0.1) is 5.92 Å². The van der Waals surface area contributed by atoms with Crippen molar-refractivity contribution in [2.75, 3.05) is 30.5 Å². The van der Waals surface area contributed by atoms with Gasteiger partial charge in [0.15, 0.2) is 6.10 Å². The van der Waals surface area contributed by atoms with Crippen molar-refractivity contribution < 1.29 is 33.4 Å². The molecule has 198 valence electrons. The van der Waals surface area contributed by atoms with E-state index in [4.69, 9.17) is 14.2 Å². The monoisotopic (exact) mass is 536 g/mol. The molecule has 2 amide bonds. The van der Waals surface area contributed by atoms with Gasteiger partial charge in [-0.1, -0.05) is 42.5 Å². The number of thiophene rings is 1. The minimum atomic E-state index is -1.16.